The lowest BCUT2D eigenvalue weighted by atomic mass is 10.0. The van der Waals surface area contributed by atoms with Gasteiger partial charge in [-0.3, -0.25) is 4.90 Å². The lowest BCUT2D eigenvalue weighted by molar-refractivity contribution is 0.180. The minimum atomic E-state index is -0.355. The van der Waals surface area contributed by atoms with Gasteiger partial charge in [-0.1, -0.05) is 36.4 Å². The zero-order chi connectivity index (χ0) is 15.9. The van der Waals surface area contributed by atoms with Gasteiger partial charge in [0.1, 0.15) is 0 Å². The molecule has 1 unspecified atom stereocenters. The van der Waals surface area contributed by atoms with Crippen molar-refractivity contribution in [2.24, 2.45) is 0 Å². The van der Waals surface area contributed by atoms with Gasteiger partial charge in [0.2, 0.25) is 0 Å². The zero-order valence-electron chi connectivity index (χ0n) is 13.0. The Labute approximate surface area is 131 Å². The van der Waals surface area contributed by atoms with Crippen LogP contribution in [0.25, 0.3) is 0 Å². The van der Waals surface area contributed by atoms with Crippen LogP contribution in [0, 0.1) is 5.82 Å². The van der Waals surface area contributed by atoms with Gasteiger partial charge >= 0.3 is 0 Å². The van der Waals surface area contributed by atoms with Crippen molar-refractivity contribution in [2.45, 2.75) is 19.0 Å². The van der Waals surface area contributed by atoms with Crippen LogP contribution in [-0.4, -0.2) is 30.8 Å². The molecule has 0 aliphatic carbocycles. The summed E-state index contributed by atoms with van der Waals surface area (Å²) < 4.78 is 18.7. The van der Waals surface area contributed by atoms with E-state index in [4.69, 9.17) is 4.74 Å². The number of benzene rings is 2. The summed E-state index contributed by atoms with van der Waals surface area (Å²) in [6, 6.07) is 15.1. The van der Waals surface area contributed by atoms with Crippen LogP contribution >= 0.6 is 0 Å². The quantitative estimate of drug-likeness (QED) is 0.851. The van der Waals surface area contributed by atoms with Crippen LogP contribution < -0.4 is 4.74 Å². The molecule has 0 spiro atoms. The molecule has 22 heavy (non-hydrogen) atoms. The molecule has 0 aliphatic heterocycles. The number of aliphatic hydroxyl groups is 1. The highest BCUT2D eigenvalue weighted by atomic mass is 19.1. The molecule has 2 aromatic rings. The van der Waals surface area contributed by atoms with Crippen LogP contribution in [-0.2, 0) is 6.54 Å². The molecule has 2 rings (SSSR count). The first-order valence-electron chi connectivity index (χ1n) is 7.34. The Bertz CT molecular complexity index is 589. The fourth-order valence-corrected chi connectivity index (χ4v) is 2.65. The molecular formula is C18H22FNO2. The SMILES string of the molecule is COc1ccc(CN(C)C(CCO)c2ccccc2)cc1F. The lowest BCUT2D eigenvalue weighted by Gasteiger charge is -2.28. The van der Waals surface area contributed by atoms with Crippen LogP contribution in [0.2, 0.25) is 0 Å². The van der Waals surface area contributed by atoms with Gasteiger partial charge < -0.3 is 9.84 Å². The Morgan fingerprint density at radius 2 is 1.91 bits per heavy atom. The molecular weight excluding hydrogens is 281 g/mol. The van der Waals surface area contributed by atoms with E-state index < -0.39 is 0 Å². The summed E-state index contributed by atoms with van der Waals surface area (Å²) in [7, 11) is 3.44. The van der Waals surface area contributed by atoms with Crippen LogP contribution in [0.1, 0.15) is 23.6 Å². The fraction of sp³-hybridized carbons (Fsp3) is 0.333. The molecule has 118 valence electrons. The lowest BCUT2D eigenvalue weighted by Crippen LogP contribution is -2.25. The highest BCUT2D eigenvalue weighted by Gasteiger charge is 2.17. The molecule has 0 fully saturated rings. The summed E-state index contributed by atoms with van der Waals surface area (Å²) >= 11 is 0. The summed E-state index contributed by atoms with van der Waals surface area (Å²) in [5.74, 6) is -0.104. The van der Waals surface area contributed by atoms with Crippen LogP contribution in [0.4, 0.5) is 4.39 Å². The van der Waals surface area contributed by atoms with Crippen LogP contribution in [0.15, 0.2) is 48.5 Å². The van der Waals surface area contributed by atoms with E-state index in [1.165, 1.54) is 13.2 Å². The van der Waals surface area contributed by atoms with Gasteiger partial charge in [-0.25, -0.2) is 4.39 Å². The summed E-state index contributed by atoms with van der Waals surface area (Å²) in [5.41, 5.74) is 2.02. The average molecular weight is 303 g/mol. The Morgan fingerprint density at radius 1 is 1.18 bits per heavy atom. The summed E-state index contributed by atoms with van der Waals surface area (Å²) in [4.78, 5) is 2.12. The number of hydrogen-bond acceptors (Lipinski definition) is 3. The Kier molecular flexibility index (Phi) is 5.92. The maximum Gasteiger partial charge on any atom is 0.165 e. The molecule has 2 aromatic carbocycles. The summed E-state index contributed by atoms with van der Waals surface area (Å²) in [6.45, 7) is 0.710. The Morgan fingerprint density at radius 3 is 2.50 bits per heavy atom. The van der Waals surface area contributed by atoms with E-state index in [2.05, 4.69) is 4.90 Å². The van der Waals surface area contributed by atoms with Gasteiger partial charge in [-0.15, -0.1) is 0 Å². The van der Waals surface area contributed by atoms with E-state index in [0.29, 0.717) is 13.0 Å². The Balaban J connectivity index is 2.14. The van der Waals surface area contributed by atoms with Crippen molar-refractivity contribution in [3.05, 3.63) is 65.5 Å². The largest absolute Gasteiger partial charge is 0.494 e. The third-order valence-electron chi connectivity index (χ3n) is 3.77. The molecule has 1 atom stereocenters. The second-order valence-corrected chi connectivity index (χ2v) is 5.32. The van der Waals surface area contributed by atoms with Crippen molar-refractivity contribution in [2.75, 3.05) is 20.8 Å². The molecule has 0 aromatic heterocycles. The van der Waals surface area contributed by atoms with Gasteiger partial charge in [0, 0.05) is 19.2 Å². The van der Waals surface area contributed by atoms with Crippen LogP contribution in [0.3, 0.4) is 0 Å². The van der Waals surface area contributed by atoms with Crippen molar-refractivity contribution < 1.29 is 14.2 Å². The van der Waals surface area contributed by atoms with Gasteiger partial charge in [0.25, 0.3) is 0 Å². The maximum absolute atomic E-state index is 13.8. The van der Waals surface area contributed by atoms with Crippen molar-refractivity contribution in [3.63, 3.8) is 0 Å². The predicted molar refractivity (Wildman–Crippen MR) is 85.3 cm³/mol. The minimum Gasteiger partial charge on any atom is -0.494 e. The van der Waals surface area contributed by atoms with Crippen molar-refractivity contribution >= 4 is 0 Å². The van der Waals surface area contributed by atoms with E-state index in [1.54, 1.807) is 6.07 Å². The van der Waals surface area contributed by atoms with Crippen molar-refractivity contribution in [3.8, 4) is 5.75 Å². The molecule has 0 aliphatic rings. The summed E-state index contributed by atoms with van der Waals surface area (Å²) in [5, 5.41) is 9.32. The first kappa shape index (κ1) is 16.5. The Hall–Kier alpha value is -1.91. The third kappa shape index (κ3) is 4.06. The molecule has 1 N–H and O–H groups in total. The normalized spacial score (nSPS) is 12.4. The smallest absolute Gasteiger partial charge is 0.165 e. The molecule has 3 nitrogen and oxygen atoms in total. The van der Waals surface area contributed by atoms with Gasteiger partial charge in [-0.2, -0.15) is 0 Å². The van der Waals surface area contributed by atoms with Crippen molar-refractivity contribution in [1.29, 1.82) is 0 Å². The molecule has 4 heteroatoms. The van der Waals surface area contributed by atoms with E-state index in [1.807, 2.05) is 43.4 Å². The van der Waals surface area contributed by atoms with E-state index >= 15 is 0 Å². The number of ether oxygens (including phenoxy) is 1. The second kappa shape index (κ2) is 7.92. The number of hydrogen-bond donors (Lipinski definition) is 1. The molecule has 0 amide bonds. The van der Waals surface area contributed by atoms with Gasteiger partial charge in [0.15, 0.2) is 11.6 Å². The topological polar surface area (TPSA) is 32.7 Å². The highest BCUT2D eigenvalue weighted by Crippen LogP contribution is 2.25. The number of methoxy groups -OCH3 is 1. The van der Waals surface area contributed by atoms with E-state index in [-0.39, 0.29) is 24.2 Å². The molecule has 0 radical (unpaired) electrons. The monoisotopic (exact) mass is 303 g/mol. The maximum atomic E-state index is 13.8. The zero-order valence-corrected chi connectivity index (χ0v) is 13.0. The predicted octanol–water partition coefficient (Wildman–Crippen LogP) is 3.39. The molecule has 0 bridgehead atoms. The van der Waals surface area contributed by atoms with Gasteiger partial charge in [0.05, 0.1) is 7.11 Å². The fourth-order valence-electron chi connectivity index (χ4n) is 2.65. The molecule has 0 saturated carbocycles. The average Bonchev–Trinajstić information content (AvgIpc) is 2.53. The highest BCUT2D eigenvalue weighted by molar-refractivity contribution is 5.29. The second-order valence-electron chi connectivity index (χ2n) is 5.32. The van der Waals surface area contributed by atoms with E-state index in [9.17, 15) is 9.50 Å². The third-order valence-corrected chi connectivity index (χ3v) is 3.77. The van der Waals surface area contributed by atoms with E-state index in [0.717, 1.165) is 11.1 Å². The van der Waals surface area contributed by atoms with Gasteiger partial charge in [-0.05, 0) is 36.7 Å². The molecule has 0 heterocycles. The summed E-state index contributed by atoms with van der Waals surface area (Å²) in [6.07, 6.45) is 0.638. The number of aliphatic hydroxyl groups excluding tert-OH is 1. The first-order chi connectivity index (χ1) is 10.7. The number of halogens is 1. The minimum absolute atomic E-state index is 0.0939. The number of rotatable bonds is 7. The van der Waals surface area contributed by atoms with Crippen LogP contribution in [0.5, 0.6) is 5.75 Å². The first-order valence-corrected chi connectivity index (χ1v) is 7.34. The van der Waals surface area contributed by atoms with Crippen molar-refractivity contribution in [1.82, 2.24) is 4.90 Å². The number of nitrogens with zero attached hydrogens (tertiary/aromatic N) is 1. The molecule has 0 saturated heterocycles. The standard InChI is InChI=1S/C18H22FNO2/c1-20(13-14-8-9-18(22-2)16(19)12-14)17(10-11-21)15-6-4-3-5-7-15/h3-9,12,17,21H,10-11,13H2,1-2H3.